The fourth-order valence-electron chi connectivity index (χ4n) is 1.61. The molecule has 0 spiro atoms. The van der Waals surface area contributed by atoms with Crippen LogP contribution in [0.25, 0.3) is 0 Å². The van der Waals surface area contributed by atoms with Gasteiger partial charge in [-0.3, -0.25) is 4.79 Å². The van der Waals surface area contributed by atoms with E-state index in [1.807, 2.05) is 13.8 Å². The van der Waals surface area contributed by atoms with Gasteiger partial charge in [0.2, 0.25) is 0 Å². The first-order valence-electron chi connectivity index (χ1n) is 4.96. The van der Waals surface area contributed by atoms with E-state index >= 15 is 0 Å². The van der Waals surface area contributed by atoms with Crippen LogP contribution >= 0.6 is 0 Å². The number of esters is 1. The molecule has 0 aromatic rings. The van der Waals surface area contributed by atoms with Crippen molar-refractivity contribution in [1.29, 1.82) is 0 Å². The van der Waals surface area contributed by atoms with Crippen LogP contribution < -0.4 is 5.73 Å². The van der Waals surface area contributed by atoms with Crippen molar-refractivity contribution in [3.8, 4) is 0 Å². The third-order valence-corrected chi connectivity index (χ3v) is 2.20. The Morgan fingerprint density at radius 1 is 1.46 bits per heavy atom. The summed E-state index contributed by atoms with van der Waals surface area (Å²) in [7, 11) is 0. The number of carbonyl (C=O) groups excluding carboxylic acids is 1. The summed E-state index contributed by atoms with van der Waals surface area (Å²) >= 11 is 0. The Hall–Kier alpha value is -0.570. The first kappa shape index (κ1) is 10.5. The van der Waals surface area contributed by atoms with Crippen molar-refractivity contribution in [2.45, 2.75) is 57.6 Å². The second-order valence-electron chi connectivity index (χ2n) is 4.56. The van der Waals surface area contributed by atoms with Crippen LogP contribution in [0.2, 0.25) is 0 Å². The monoisotopic (exact) mass is 185 g/mol. The van der Waals surface area contributed by atoms with Crippen molar-refractivity contribution in [1.82, 2.24) is 0 Å². The average molecular weight is 185 g/mol. The smallest absolute Gasteiger partial charge is 0.307 e. The van der Waals surface area contributed by atoms with Gasteiger partial charge < -0.3 is 10.5 Å². The van der Waals surface area contributed by atoms with E-state index in [9.17, 15) is 4.79 Å². The standard InChI is InChI=1S/C10H19NO2/c1-10(2,11)7-9(12)13-8-5-3-4-6-8/h8H,3-7,11H2,1-2H3. The molecule has 0 radical (unpaired) electrons. The van der Waals surface area contributed by atoms with Gasteiger partial charge in [-0.2, -0.15) is 0 Å². The maximum Gasteiger partial charge on any atom is 0.307 e. The van der Waals surface area contributed by atoms with Gasteiger partial charge in [0.15, 0.2) is 0 Å². The van der Waals surface area contributed by atoms with Crippen molar-refractivity contribution in [2.75, 3.05) is 0 Å². The fourth-order valence-corrected chi connectivity index (χ4v) is 1.61. The van der Waals surface area contributed by atoms with Crippen LogP contribution in [0.4, 0.5) is 0 Å². The van der Waals surface area contributed by atoms with Crippen molar-refractivity contribution in [3.63, 3.8) is 0 Å². The van der Waals surface area contributed by atoms with E-state index in [0.717, 1.165) is 12.8 Å². The van der Waals surface area contributed by atoms with Gasteiger partial charge in [-0.15, -0.1) is 0 Å². The van der Waals surface area contributed by atoms with Crippen LogP contribution in [0.5, 0.6) is 0 Å². The summed E-state index contributed by atoms with van der Waals surface area (Å²) in [5.41, 5.74) is 5.26. The zero-order valence-electron chi connectivity index (χ0n) is 8.51. The number of hydrogen-bond donors (Lipinski definition) is 1. The lowest BCUT2D eigenvalue weighted by atomic mass is 10.0. The van der Waals surface area contributed by atoms with E-state index in [4.69, 9.17) is 10.5 Å². The second-order valence-corrected chi connectivity index (χ2v) is 4.56. The molecule has 0 aliphatic heterocycles. The van der Waals surface area contributed by atoms with Gasteiger partial charge in [0.25, 0.3) is 0 Å². The molecule has 0 bridgehead atoms. The Bertz CT molecular complexity index is 178. The molecule has 1 fully saturated rings. The van der Waals surface area contributed by atoms with E-state index in [0.29, 0.717) is 6.42 Å². The van der Waals surface area contributed by atoms with Gasteiger partial charge in [-0.1, -0.05) is 0 Å². The molecule has 0 heterocycles. The summed E-state index contributed by atoms with van der Waals surface area (Å²) in [4.78, 5) is 11.3. The van der Waals surface area contributed by atoms with Crippen molar-refractivity contribution >= 4 is 5.97 Å². The predicted octanol–water partition coefficient (Wildman–Crippen LogP) is 1.60. The minimum absolute atomic E-state index is 0.153. The molecular formula is C10H19NO2. The Kier molecular flexibility index (Phi) is 3.31. The summed E-state index contributed by atoms with van der Waals surface area (Å²) in [6, 6.07) is 0. The fraction of sp³-hybridized carbons (Fsp3) is 0.900. The van der Waals surface area contributed by atoms with Gasteiger partial charge in [-0.25, -0.2) is 0 Å². The topological polar surface area (TPSA) is 52.3 Å². The van der Waals surface area contributed by atoms with Gasteiger partial charge >= 0.3 is 5.97 Å². The molecule has 1 rings (SSSR count). The molecule has 1 aliphatic rings. The highest BCUT2D eigenvalue weighted by Crippen LogP contribution is 2.21. The number of carbonyl (C=O) groups is 1. The third-order valence-electron chi connectivity index (χ3n) is 2.20. The number of hydrogen-bond acceptors (Lipinski definition) is 3. The summed E-state index contributed by atoms with van der Waals surface area (Å²) < 4.78 is 5.27. The molecule has 0 aromatic carbocycles. The maximum absolute atomic E-state index is 11.3. The van der Waals surface area contributed by atoms with Crippen molar-refractivity contribution < 1.29 is 9.53 Å². The summed E-state index contributed by atoms with van der Waals surface area (Å²) in [5.74, 6) is -0.153. The Morgan fingerprint density at radius 3 is 2.46 bits per heavy atom. The molecule has 3 heteroatoms. The normalized spacial score (nSPS) is 19.0. The van der Waals surface area contributed by atoms with E-state index in [-0.39, 0.29) is 12.1 Å². The highest BCUT2D eigenvalue weighted by Gasteiger charge is 2.22. The Labute approximate surface area is 79.6 Å². The van der Waals surface area contributed by atoms with Crippen LogP contribution in [-0.2, 0) is 9.53 Å². The molecule has 0 aromatic heterocycles. The van der Waals surface area contributed by atoms with Crippen LogP contribution in [-0.4, -0.2) is 17.6 Å². The predicted molar refractivity (Wildman–Crippen MR) is 51.2 cm³/mol. The van der Waals surface area contributed by atoms with Gasteiger partial charge in [-0.05, 0) is 39.5 Å². The number of ether oxygens (including phenoxy) is 1. The van der Waals surface area contributed by atoms with Crippen LogP contribution in [0.15, 0.2) is 0 Å². The van der Waals surface area contributed by atoms with Gasteiger partial charge in [0.1, 0.15) is 6.10 Å². The minimum atomic E-state index is -0.449. The van der Waals surface area contributed by atoms with E-state index in [1.54, 1.807) is 0 Å². The van der Waals surface area contributed by atoms with Gasteiger partial charge in [0.05, 0.1) is 6.42 Å². The molecule has 0 amide bonds. The molecule has 0 unspecified atom stereocenters. The summed E-state index contributed by atoms with van der Waals surface area (Å²) in [6.07, 6.45) is 4.89. The van der Waals surface area contributed by atoms with Crippen LogP contribution in [0, 0.1) is 0 Å². The first-order chi connectivity index (χ1) is 5.97. The first-order valence-corrected chi connectivity index (χ1v) is 4.96. The molecule has 76 valence electrons. The third kappa shape index (κ3) is 4.27. The van der Waals surface area contributed by atoms with Crippen LogP contribution in [0.1, 0.15) is 46.0 Å². The van der Waals surface area contributed by atoms with E-state index in [2.05, 4.69) is 0 Å². The lowest BCUT2D eigenvalue weighted by molar-refractivity contribution is -0.149. The minimum Gasteiger partial charge on any atom is -0.462 e. The lowest BCUT2D eigenvalue weighted by Gasteiger charge is -2.19. The Balaban J connectivity index is 2.24. The Morgan fingerprint density at radius 2 is 2.00 bits per heavy atom. The highest BCUT2D eigenvalue weighted by atomic mass is 16.5. The quantitative estimate of drug-likeness (QED) is 0.679. The maximum atomic E-state index is 11.3. The molecule has 1 aliphatic carbocycles. The van der Waals surface area contributed by atoms with Crippen molar-refractivity contribution in [2.24, 2.45) is 5.73 Å². The molecule has 13 heavy (non-hydrogen) atoms. The molecule has 0 saturated heterocycles. The lowest BCUT2D eigenvalue weighted by Crippen LogP contribution is -2.36. The molecule has 2 N–H and O–H groups in total. The molecule has 3 nitrogen and oxygen atoms in total. The molecule has 0 atom stereocenters. The van der Waals surface area contributed by atoms with Crippen LogP contribution in [0.3, 0.4) is 0 Å². The zero-order chi connectivity index (χ0) is 9.90. The number of rotatable bonds is 3. The highest BCUT2D eigenvalue weighted by molar-refractivity contribution is 5.70. The largest absolute Gasteiger partial charge is 0.462 e. The summed E-state index contributed by atoms with van der Waals surface area (Å²) in [5, 5.41) is 0. The molecular weight excluding hydrogens is 166 g/mol. The van der Waals surface area contributed by atoms with Crippen molar-refractivity contribution in [3.05, 3.63) is 0 Å². The summed E-state index contributed by atoms with van der Waals surface area (Å²) in [6.45, 7) is 3.67. The average Bonchev–Trinajstić information content (AvgIpc) is 2.34. The van der Waals surface area contributed by atoms with Gasteiger partial charge in [0, 0.05) is 5.54 Å². The molecule has 1 saturated carbocycles. The SMILES string of the molecule is CC(C)(N)CC(=O)OC1CCCC1. The van der Waals surface area contributed by atoms with E-state index in [1.165, 1.54) is 12.8 Å². The van der Waals surface area contributed by atoms with E-state index < -0.39 is 5.54 Å². The number of nitrogens with two attached hydrogens (primary N) is 1. The second kappa shape index (κ2) is 4.09. The zero-order valence-corrected chi connectivity index (χ0v) is 8.51.